The highest BCUT2D eigenvalue weighted by molar-refractivity contribution is 7.99. The van der Waals surface area contributed by atoms with Gasteiger partial charge in [0, 0.05) is 11.4 Å². The van der Waals surface area contributed by atoms with Gasteiger partial charge in [-0.1, -0.05) is 30.3 Å². The molecule has 5 heteroatoms. The van der Waals surface area contributed by atoms with E-state index >= 15 is 0 Å². The van der Waals surface area contributed by atoms with E-state index < -0.39 is 5.97 Å². The van der Waals surface area contributed by atoms with Crippen molar-refractivity contribution in [2.45, 2.75) is 5.75 Å². The van der Waals surface area contributed by atoms with Crippen molar-refractivity contribution in [3.05, 3.63) is 65.7 Å². The number of carboxylic acids is 1. The smallest absolute Gasteiger partial charge is 0.335 e. The highest BCUT2D eigenvalue weighted by Crippen LogP contribution is 2.14. The summed E-state index contributed by atoms with van der Waals surface area (Å²) < 4.78 is 0. The summed E-state index contributed by atoms with van der Waals surface area (Å²) in [5.74, 6) is -0.0838. The quantitative estimate of drug-likeness (QED) is 0.859. The molecule has 0 heterocycles. The molecule has 0 aliphatic carbocycles. The number of amides is 1. The molecule has 0 fully saturated rings. The van der Waals surface area contributed by atoms with Gasteiger partial charge in [-0.05, 0) is 29.8 Å². The number of carboxylic acid groups (broad SMARTS) is 1. The molecule has 0 bridgehead atoms. The second-order valence-electron chi connectivity index (χ2n) is 4.41. The SMILES string of the molecule is O=C(CSCc1cccc(C(=O)O)c1)Nc1ccccc1. The lowest BCUT2D eigenvalue weighted by Gasteiger charge is -2.05. The van der Waals surface area contributed by atoms with Crippen molar-refractivity contribution in [1.29, 1.82) is 0 Å². The minimum Gasteiger partial charge on any atom is -0.478 e. The summed E-state index contributed by atoms with van der Waals surface area (Å²) >= 11 is 1.45. The van der Waals surface area contributed by atoms with Crippen molar-refractivity contribution < 1.29 is 14.7 Å². The highest BCUT2D eigenvalue weighted by Gasteiger charge is 2.05. The summed E-state index contributed by atoms with van der Waals surface area (Å²) in [5, 5.41) is 11.7. The van der Waals surface area contributed by atoms with Crippen LogP contribution in [0.4, 0.5) is 5.69 Å². The first-order chi connectivity index (χ1) is 10.1. The Bertz CT molecular complexity index is 628. The fraction of sp³-hybridized carbons (Fsp3) is 0.125. The lowest BCUT2D eigenvalue weighted by Crippen LogP contribution is -2.14. The fourth-order valence-corrected chi connectivity index (χ4v) is 2.55. The van der Waals surface area contributed by atoms with E-state index in [9.17, 15) is 9.59 Å². The topological polar surface area (TPSA) is 66.4 Å². The number of aromatic carboxylic acids is 1. The molecule has 0 saturated heterocycles. The van der Waals surface area contributed by atoms with Gasteiger partial charge in [0.15, 0.2) is 0 Å². The van der Waals surface area contributed by atoms with Crippen LogP contribution in [-0.2, 0) is 10.5 Å². The summed E-state index contributed by atoms with van der Waals surface area (Å²) in [6.07, 6.45) is 0. The number of rotatable bonds is 6. The van der Waals surface area contributed by atoms with Crippen LogP contribution < -0.4 is 5.32 Å². The van der Waals surface area contributed by atoms with Gasteiger partial charge >= 0.3 is 5.97 Å². The summed E-state index contributed by atoms with van der Waals surface area (Å²) in [6, 6.07) is 16.0. The van der Waals surface area contributed by atoms with Crippen LogP contribution in [0.5, 0.6) is 0 Å². The molecule has 0 atom stereocenters. The molecule has 1 amide bonds. The molecule has 0 aliphatic heterocycles. The highest BCUT2D eigenvalue weighted by atomic mass is 32.2. The third kappa shape index (κ3) is 4.96. The van der Waals surface area contributed by atoms with E-state index in [-0.39, 0.29) is 11.5 Å². The average Bonchev–Trinajstić information content (AvgIpc) is 2.48. The zero-order valence-electron chi connectivity index (χ0n) is 11.3. The first kappa shape index (κ1) is 15.1. The number of hydrogen-bond donors (Lipinski definition) is 2. The number of nitrogens with one attached hydrogen (secondary N) is 1. The number of thioether (sulfide) groups is 1. The number of carbonyl (C=O) groups excluding carboxylic acids is 1. The maximum Gasteiger partial charge on any atom is 0.335 e. The van der Waals surface area contributed by atoms with E-state index in [0.29, 0.717) is 11.5 Å². The average molecular weight is 301 g/mol. The molecule has 0 spiro atoms. The van der Waals surface area contributed by atoms with Crippen molar-refractivity contribution >= 4 is 29.3 Å². The Morgan fingerprint density at radius 3 is 2.52 bits per heavy atom. The van der Waals surface area contributed by atoms with E-state index in [2.05, 4.69) is 5.32 Å². The maximum atomic E-state index is 11.8. The van der Waals surface area contributed by atoms with Gasteiger partial charge < -0.3 is 10.4 Å². The first-order valence-electron chi connectivity index (χ1n) is 6.40. The van der Waals surface area contributed by atoms with Gasteiger partial charge in [-0.2, -0.15) is 0 Å². The number of para-hydroxylation sites is 1. The maximum absolute atomic E-state index is 11.8. The van der Waals surface area contributed by atoms with Crippen LogP contribution in [0.25, 0.3) is 0 Å². The van der Waals surface area contributed by atoms with Gasteiger partial charge in [0.05, 0.1) is 11.3 Å². The Morgan fingerprint density at radius 2 is 1.81 bits per heavy atom. The molecule has 2 aromatic rings. The molecule has 0 unspecified atom stereocenters. The van der Waals surface area contributed by atoms with Gasteiger partial charge in [-0.3, -0.25) is 4.79 Å². The molecule has 2 N–H and O–H groups in total. The van der Waals surface area contributed by atoms with E-state index in [0.717, 1.165) is 11.3 Å². The van der Waals surface area contributed by atoms with Crippen molar-refractivity contribution in [2.75, 3.05) is 11.1 Å². The van der Waals surface area contributed by atoms with Crippen molar-refractivity contribution in [2.24, 2.45) is 0 Å². The lowest BCUT2D eigenvalue weighted by atomic mass is 10.1. The van der Waals surface area contributed by atoms with Crippen molar-refractivity contribution in [1.82, 2.24) is 0 Å². The molecule has 2 aromatic carbocycles. The lowest BCUT2D eigenvalue weighted by molar-refractivity contribution is -0.113. The van der Waals surface area contributed by atoms with Gasteiger partial charge in [0.1, 0.15) is 0 Å². The zero-order chi connectivity index (χ0) is 15.1. The van der Waals surface area contributed by atoms with Crippen LogP contribution >= 0.6 is 11.8 Å². The Balaban J connectivity index is 1.80. The molecular weight excluding hydrogens is 286 g/mol. The van der Waals surface area contributed by atoms with E-state index in [1.807, 2.05) is 36.4 Å². The summed E-state index contributed by atoms with van der Waals surface area (Å²) in [4.78, 5) is 22.6. The Hall–Kier alpha value is -2.27. The Morgan fingerprint density at radius 1 is 1.05 bits per heavy atom. The minimum absolute atomic E-state index is 0.0689. The van der Waals surface area contributed by atoms with Crippen LogP contribution in [0.2, 0.25) is 0 Å². The molecule has 4 nitrogen and oxygen atoms in total. The second-order valence-corrected chi connectivity index (χ2v) is 5.40. The van der Waals surface area contributed by atoms with Gasteiger partial charge in [-0.25, -0.2) is 4.79 Å². The van der Waals surface area contributed by atoms with Crippen LogP contribution in [0.15, 0.2) is 54.6 Å². The molecular formula is C16H15NO3S. The third-order valence-electron chi connectivity index (χ3n) is 2.73. The zero-order valence-corrected chi connectivity index (χ0v) is 12.1. The predicted octanol–water partition coefficient (Wildman–Crippen LogP) is 3.26. The number of anilines is 1. The largest absolute Gasteiger partial charge is 0.478 e. The van der Waals surface area contributed by atoms with E-state index in [1.54, 1.807) is 18.2 Å². The number of hydrogen-bond acceptors (Lipinski definition) is 3. The van der Waals surface area contributed by atoms with Gasteiger partial charge in [0.2, 0.25) is 5.91 Å². The van der Waals surface area contributed by atoms with E-state index in [1.165, 1.54) is 11.8 Å². The molecule has 2 rings (SSSR count). The molecule has 0 saturated carbocycles. The van der Waals surface area contributed by atoms with Crippen LogP contribution in [-0.4, -0.2) is 22.7 Å². The number of benzene rings is 2. The van der Waals surface area contributed by atoms with Crippen LogP contribution in [0, 0.1) is 0 Å². The Labute approximate surface area is 127 Å². The third-order valence-corrected chi connectivity index (χ3v) is 3.74. The molecule has 0 aromatic heterocycles. The van der Waals surface area contributed by atoms with Gasteiger partial charge in [-0.15, -0.1) is 11.8 Å². The summed E-state index contributed by atoms with van der Waals surface area (Å²) in [6.45, 7) is 0. The van der Waals surface area contributed by atoms with Crippen molar-refractivity contribution in [3.8, 4) is 0 Å². The molecule has 0 radical (unpaired) electrons. The second kappa shape index (κ2) is 7.50. The van der Waals surface area contributed by atoms with Gasteiger partial charge in [0.25, 0.3) is 0 Å². The van der Waals surface area contributed by atoms with E-state index in [4.69, 9.17) is 5.11 Å². The molecule has 0 aliphatic rings. The fourth-order valence-electron chi connectivity index (χ4n) is 1.77. The summed E-state index contributed by atoms with van der Waals surface area (Å²) in [7, 11) is 0. The number of carbonyl (C=O) groups is 2. The van der Waals surface area contributed by atoms with Crippen LogP contribution in [0.1, 0.15) is 15.9 Å². The predicted molar refractivity (Wildman–Crippen MR) is 84.6 cm³/mol. The standard InChI is InChI=1S/C16H15NO3S/c18-15(17-14-7-2-1-3-8-14)11-21-10-12-5-4-6-13(9-12)16(19)20/h1-9H,10-11H2,(H,17,18)(H,19,20). The van der Waals surface area contributed by atoms with Crippen LogP contribution in [0.3, 0.4) is 0 Å². The molecule has 108 valence electrons. The normalized spacial score (nSPS) is 10.1. The Kier molecular flexibility index (Phi) is 5.40. The van der Waals surface area contributed by atoms with Crippen molar-refractivity contribution in [3.63, 3.8) is 0 Å². The first-order valence-corrected chi connectivity index (χ1v) is 7.55. The summed E-state index contributed by atoms with van der Waals surface area (Å²) in [5.41, 5.74) is 1.94. The monoisotopic (exact) mass is 301 g/mol. The minimum atomic E-state index is -0.941. The molecule has 21 heavy (non-hydrogen) atoms.